The maximum Gasteiger partial charge on any atom is 0.306 e. The van der Waals surface area contributed by atoms with Gasteiger partial charge >= 0.3 is 5.97 Å². The lowest BCUT2D eigenvalue weighted by molar-refractivity contribution is -0.147. The van der Waals surface area contributed by atoms with Gasteiger partial charge in [0.05, 0.1) is 6.61 Å². The number of carbonyl (C=O) groups excluding carboxylic acids is 1. The number of hydrogen-bond acceptors (Lipinski definition) is 5. The number of aliphatic imine (C=N–C) groups is 1. The number of hydrogen-bond donors (Lipinski definition) is 2. The van der Waals surface area contributed by atoms with E-state index in [1.54, 1.807) is 12.4 Å². The lowest BCUT2D eigenvalue weighted by Gasteiger charge is -2.08. The first-order valence-electron chi connectivity index (χ1n) is 4.86. The Bertz CT molecular complexity index is 273. The average Bonchev–Trinajstić information content (AvgIpc) is 2.75. The Balaban J connectivity index is 2.08. The van der Waals surface area contributed by atoms with Crippen LogP contribution in [0.4, 0.5) is 0 Å². The Morgan fingerprint density at radius 2 is 2.47 bits per heavy atom. The number of rotatable bonds is 6. The number of aliphatic hydroxyl groups is 2. The Labute approximate surface area is 88.1 Å². The number of allylic oxidation sites excluding steroid dienone is 1. The van der Waals surface area contributed by atoms with Crippen LogP contribution in [0.25, 0.3) is 0 Å². The topological polar surface area (TPSA) is 79.1 Å². The van der Waals surface area contributed by atoms with Gasteiger partial charge in [0.25, 0.3) is 0 Å². The summed E-state index contributed by atoms with van der Waals surface area (Å²) < 4.78 is 4.74. The van der Waals surface area contributed by atoms with E-state index >= 15 is 0 Å². The molecule has 5 nitrogen and oxygen atoms in total. The van der Waals surface area contributed by atoms with Crippen molar-refractivity contribution < 1.29 is 19.7 Å². The summed E-state index contributed by atoms with van der Waals surface area (Å²) in [5.74, 6) is -0.365. The molecule has 0 amide bonds. The Hall–Kier alpha value is -1.20. The van der Waals surface area contributed by atoms with Gasteiger partial charge in [-0.1, -0.05) is 0 Å². The van der Waals surface area contributed by atoms with E-state index < -0.39 is 12.7 Å². The summed E-state index contributed by atoms with van der Waals surface area (Å²) in [5.41, 5.74) is 1.11. The van der Waals surface area contributed by atoms with E-state index in [9.17, 15) is 4.79 Å². The SMILES string of the molecule is O=C(CCC1=CN=CC1)OCC(O)CO. The Morgan fingerprint density at radius 3 is 3.07 bits per heavy atom. The van der Waals surface area contributed by atoms with Gasteiger partial charge in [0.1, 0.15) is 12.7 Å². The summed E-state index contributed by atoms with van der Waals surface area (Å²) in [5, 5.41) is 17.4. The molecule has 1 atom stereocenters. The van der Waals surface area contributed by atoms with Crippen molar-refractivity contribution in [3.05, 3.63) is 11.8 Å². The second kappa shape index (κ2) is 6.31. The van der Waals surface area contributed by atoms with Crippen LogP contribution in [-0.2, 0) is 9.53 Å². The highest BCUT2D eigenvalue weighted by molar-refractivity contribution is 5.71. The fraction of sp³-hybridized carbons (Fsp3) is 0.600. The molecule has 0 aromatic heterocycles. The normalized spacial score (nSPS) is 16.3. The maximum absolute atomic E-state index is 11.1. The molecular formula is C10H15NO4. The average molecular weight is 213 g/mol. The monoisotopic (exact) mass is 213 g/mol. The van der Waals surface area contributed by atoms with Crippen LogP contribution in [-0.4, -0.2) is 41.7 Å². The van der Waals surface area contributed by atoms with Crippen molar-refractivity contribution in [2.75, 3.05) is 13.2 Å². The molecule has 2 N–H and O–H groups in total. The summed E-state index contributed by atoms with van der Waals surface area (Å²) in [6.07, 6.45) is 4.27. The predicted octanol–water partition coefficient (Wildman–Crippen LogP) is 0.0214. The largest absolute Gasteiger partial charge is 0.463 e. The number of nitrogens with zero attached hydrogens (tertiary/aromatic N) is 1. The first-order chi connectivity index (χ1) is 7.22. The molecule has 1 aliphatic heterocycles. The second-order valence-corrected chi connectivity index (χ2v) is 3.34. The maximum atomic E-state index is 11.1. The fourth-order valence-electron chi connectivity index (χ4n) is 1.12. The van der Waals surface area contributed by atoms with Gasteiger partial charge in [0.2, 0.25) is 0 Å². The van der Waals surface area contributed by atoms with Crippen molar-refractivity contribution in [1.29, 1.82) is 0 Å². The van der Waals surface area contributed by atoms with E-state index in [-0.39, 0.29) is 19.0 Å². The molecule has 1 aliphatic rings. The summed E-state index contributed by atoms with van der Waals surface area (Å²) in [6, 6.07) is 0. The third-order valence-electron chi connectivity index (χ3n) is 2.01. The third kappa shape index (κ3) is 4.71. The van der Waals surface area contributed by atoms with Gasteiger partial charge in [-0.15, -0.1) is 0 Å². The Morgan fingerprint density at radius 1 is 1.67 bits per heavy atom. The molecular weight excluding hydrogens is 198 g/mol. The molecule has 0 aromatic carbocycles. The van der Waals surface area contributed by atoms with Crippen LogP contribution in [0.1, 0.15) is 19.3 Å². The molecule has 1 heterocycles. The van der Waals surface area contributed by atoms with Crippen LogP contribution >= 0.6 is 0 Å². The highest BCUT2D eigenvalue weighted by Crippen LogP contribution is 2.13. The van der Waals surface area contributed by atoms with E-state index in [0.29, 0.717) is 6.42 Å². The number of ether oxygens (including phenoxy) is 1. The first-order valence-corrected chi connectivity index (χ1v) is 4.86. The molecule has 0 spiro atoms. The highest BCUT2D eigenvalue weighted by Gasteiger charge is 2.09. The van der Waals surface area contributed by atoms with Crippen LogP contribution in [0.5, 0.6) is 0 Å². The van der Waals surface area contributed by atoms with E-state index in [0.717, 1.165) is 12.0 Å². The molecule has 5 heteroatoms. The van der Waals surface area contributed by atoms with Crippen molar-refractivity contribution in [3.8, 4) is 0 Å². The zero-order chi connectivity index (χ0) is 11.1. The first kappa shape index (κ1) is 11.9. The van der Waals surface area contributed by atoms with Crippen molar-refractivity contribution in [3.63, 3.8) is 0 Å². The molecule has 0 radical (unpaired) electrons. The molecule has 0 fully saturated rings. The molecule has 0 aliphatic carbocycles. The summed E-state index contributed by atoms with van der Waals surface area (Å²) in [4.78, 5) is 15.1. The van der Waals surface area contributed by atoms with Crippen molar-refractivity contribution >= 4 is 12.2 Å². The van der Waals surface area contributed by atoms with Gasteiger partial charge in [-0.05, 0) is 12.0 Å². The van der Waals surface area contributed by atoms with Crippen LogP contribution in [0.3, 0.4) is 0 Å². The minimum absolute atomic E-state index is 0.148. The zero-order valence-corrected chi connectivity index (χ0v) is 8.43. The smallest absolute Gasteiger partial charge is 0.306 e. The lowest BCUT2D eigenvalue weighted by Crippen LogP contribution is -2.21. The summed E-state index contributed by atoms with van der Waals surface area (Å²) >= 11 is 0. The van der Waals surface area contributed by atoms with Gasteiger partial charge in [-0.25, -0.2) is 0 Å². The van der Waals surface area contributed by atoms with Crippen LogP contribution in [0.2, 0.25) is 0 Å². The standard InChI is InChI=1S/C10H15NO4/c12-6-9(13)7-15-10(14)2-1-8-3-4-11-5-8/h4-5,9,12-13H,1-3,6-7H2. The zero-order valence-electron chi connectivity index (χ0n) is 8.43. The highest BCUT2D eigenvalue weighted by atomic mass is 16.5. The van der Waals surface area contributed by atoms with Crippen molar-refractivity contribution in [1.82, 2.24) is 0 Å². The lowest BCUT2D eigenvalue weighted by atomic mass is 10.1. The van der Waals surface area contributed by atoms with Gasteiger partial charge in [-0.3, -0.25) is 9.79 Å². The number of carbonyl (C=O) groups is 1. The molecule has 0 saturated carbocycles. The molecule has 0 bridgehead atoms. The minimum atomic E-state index is -0.983. The van der Waals surface area contributed by atoms with Gasteiger partial charge in [0, 0.05) is 25.3 Å². The predicted molar refractivity (Wildman–Crippen MR) is 54.5 cm³/mol. The summed E-state index contributed by atoms with van der Waals surface area (Å²) in [6.45, 7) is -0.544. The Kier molecular flexibility index (Phi) is 5.00. The van der Waals surface area contributed by atoms with Crippen LogP contribution in [0, 0.1) is 0 Å². The molecule has 84 valence electrons. The molecule has 1 unspecified atom stereocenters. The molecule has 0 saturated heterocycles. The van der Waals surface area contributed by atoms with Crippen LogP contribution in [0.15, 0.2) is 16.8 Å². The molecule has 0 aromatic rings. The van der Waals surface area contributed by atoms with E-state index in [1.165, 1.54) is 0 Å². The van der Waals surface area contributed by atoms with Gasteiger partial charge in [-0.2, -0.15) is 0 Å². The van der Waals surface area contributed by atoms with Crippen LogP contribution < -0.4 is 0 Å². The fourth-order valence-corrected chi connectivity index (χ4v) is 1.12. The van der Waals surface area contributed by atoms with Crippen molar-refractivity contribution in [2.24, 2.45) is 4.99 Å². The minimum Gasteiger partial charge on any atom is -0.463 e. The van der Waals surface area contributed by atoms with Gasteiger partial charge in [0.15, 0.2) is 0 Å². The van der Waals surface area contributed by atoms with E-state index in [2.05, 4.69) is 4.99 Å². The van der Waals surface area contributed by atoms with E-state index in [4.69, 9.17) is 14.9 Å². The van der Waals surface area contributed by atoms with E-state index in [1.807, 2.05) is 0 Å². The van der Waals surface area contributed by atoms with Gasteiger partial charge < -0.3 is 14.9 Å². The quantitative estimate of drug-likeness (QED) is 0.610. The van der Waals surface area contributed by atoms with Crippen molar-refractivity contribution in [2.45, 2.75) is 25.4 Å². The summed E-state index contributed by atoms with van der Waals surface area (Å²) in [7, 11) is 0. The second-order valence-electron chi connectivity index (χ2n) is 3.34. The number of esters is 1. The third-order valence-corrected chi connectivity index (χ3v) is 2.01. The molecule has 15 heavy (non-hydrogen) atoms. The number of aliphatic hydroxyl groups excluding tert-OH is 2. The molecule has 1 rings (SSSR count).